The molecule has 30 heavy (non-hydrogen) atoms. The van der Waals surface area contributed by atoms with E-state index in [1.165, 1.54) is 11.1 Å². The van der Waals surface area contributed by atoms with E-state index in [4.69, 9.17) is 11.5 Å². The predicted molar refractivity (Wildman–Crippen MR) is 121 cm³/mol. The van der Waals surface area contributed by atoms with Gasteiger partial charge in [-0.1, -0.05) is 67.6 Å². The Morgan fingerprint density at radius 2 is 1.40 bits per heavy atom. The number of benzene rings is 2. The molecule has 2 aromatic rings. The van der Waals surface area contributed by atoms with Crippen LogP contribution in [-0.2, 0) is 22.4 Å². The van der Waals surface area contributed by atoms with E-state index in [1.54, 1.807) is 13.8 Å². The molecule has 0 saturated carbocycles. The van der Waals surface area contributed by atoms with Crippen molar-refractivity contribution in [1.29, 1.82) is 0 Å². The molecule has 2 aromatic carbocycles. The highest BCUT2D eigenvalue weighted by atomic mass is 16.2. The molecule has 0 bridgehead atoms. The van der Waals surface area contributed by atoms with E-state index < -0.39 is 23.5 Å². The van der Waals surface area contributed by atoms with Crippen molar-refractivity contribution in [3.05, 3.63) is 71.8 Å². The minimum absolute atomic E-state index is 0.174. The second-order valence-electron chi connectivity index (χ2n) is 7.81. The van der Waals surface area contributed by atoms with Gasteiger partial charge < -0.3 is 22.1 Å². The zero-order valence-corrected chi connectivity index (χ0v) is 17.9. The Bertz CT molecular complexity index is 793. The van der Waals surface area contributed by atoms with Crippen LogP contribution in [0.2, 0.25) is 0 Å². The van der Waals surface area contributed by atoms with Crippen molar-refractivity contribution in [1.82, 2.24) is 10.6 Å². The third-order valence-electron chi connectivity index (χ3n) is 5.44. The number of carbonyl (C=O) groups excluding carboxylic acids is 2. The molecule has 1 amide bonds. The van der Waals surface area contributed by atoms with Crippen molar-refractivity contribution in [3.63, 3.8) is 0 Å². The van der Waals surface area contributed by atoms with Crippen molar-refractivity contribution in [2.24, 2.45) is 17.4 Å². The monoisotopic (exact) mass is 410 g/mol. The molecule has 162 valence electrons. The molecular formula is C24H34N4O2. The van der Waals surface area contributed by atoms with Crippen molar-refractivity contribution < 1.29 is 9.59 Å². The Morgan fingerprint density at radius 3 is 1.97 bits per heavy atom. The second-order valence-corrected chi connectivity index (χ2v) is 7.81. The van der Waals surface area contributed by atoms with Gasteiger partial charge in [-0.2, -0.15) is 0 Å². The summed E-state index contributed by atoms with van der Waals surface area (Å²) in [5.41, 5.74) is 12.8. The van der Waals surface area contributed by atoms with Crippen LogP contribution in [0.15, 0.2) is 60.7 Å². The van der Waals surface area contributed by atoms with Crippen LogP contribution in [0.4, 0.5) is 0 Å². The lowest BCUT2D eigenvalue weighted by atomic mass is 9.87. The first-order valence-corrected chi connectivity index (χ1v) is 10.5. The lowest BCUT2D eigenvalue weighted by Crippen LogP contribution is -2.67. The first-order chi connectivity index (χ1) is 14.3. The summed E-state index contributed by atoms with van der Waals surface area (Å²) in [6.45, 7) is 4.49. The van der Waals surface area contributed by atoms with Gasteiger partial charge in [0.1, 0.15) is 0 Å². The maximum absolute atomic E-state index is 12.7. The normalized spacial score (nSPS) is 13.5. The molecule has 2 atom stereocenters. The minimum atomic E-state index is -1.75. The number of ketones is 1. The first-order valence-electron chi connectivity index (χ1n) is 10.5. The summed E-state index contributed by atoms with van der Waals surface area (Å²) < 4.78 is 0. The Hall–Kier alpha value is -2.54. The standard InChI is InChI=1S/C24H34N4O2/c1-18(22(29)19(2)27-17-15-21-12-7-4-8-13-21)24(25,26)23(30)28-16-9-14-20-10-5-3-6-11-20/h3-8,10-13,18-19,27H,9,14-17,25-26H2,1-2H3,(H,28,30). The number of Topliss-reactive ketones (excluding diaryl/α,β-unsaturated/α-hetero) is 1. The van der Waals surface area contributed by atoms with Gasteiger partial charge in [0.05, 0.1) is 12.0 Å². The summed E-state index contributed by atoms with van der Waals surface area (Å²) in [7, 11) is 0. The molecule has 0 heterocycles. The number of rotatable bonds is 12. The van der Waals surface area contributed by atoms with E-state index in [0.717, 1.165) is 19.3 Å². The van der Waals surface area contributed by atoms with E-state index in [9.17, 15) is 9.59 Å². The van der Waals surface area contributed by atoms with Gasteiger partial charge in [0.15, 0.2) is 11.4 Å². The molecule has 0 radical (unpaired) electrons. The summed E-state index contributed by atoms with van der Waals surface area (Å²) >= 11 is 0. The van der Waals surface area contributed by atoms with Crippen molar-refractivity contribution in [2.75, 3.05) is 13.1 Å². The number of hydrogen-bond donors (Lipinski definition) is 4. The predicted octanol–water partition coefficient (Wildman–Crippen LogP) is 1.78. The topological polar surface area (TPSA) is 110 Å². The van der Waals surface area contributed by atoms with Gasteiger partial charge in [-0.05, 0) is 43.9 Å². The van der Waals surface area contributed by atoms with E-state index in [1.807, 2.05) is 60.7 Å². The van der Waals surface area contributed by atoms with Gasteiger partial charge in [0, 0.05) is 6.54 Å². The number of hydrogen-bond acceptors (Lipinski definition) is 5. The molecule has 6 N–H and O–H groups in total. The zero-order valence-electron chi connectivity index (χ0n) is 17.9. The first kappa shape index (κ1) is 23.7. The van der Waals surface area contributed by atoms with E-state index >= 15 is 0 Å². The number of carbonyl (C=O) groups is 2. The third-order valence-corrected chi connectivity index (χ3v) is 5.44. The van der Waals surface area contributed by atoms with Gasteiger partial charge in [0.25, 0.3) is 5.91 Å². The van der Waals surface area contributed by atoms with Gasteiger partial charge >= 0.3 is 0 Å². The molecule has 2 rings (SSSR count). The Morgan fingerprint density at radius 1 is 0.867 bits per heavy atom. The van der Waals surface area contributed by atoms with Gasteiger partial charge in [-0.15, -0.1) is 0 Å². The molecule has 0 aliphatic rings. The molecule has 2 unspecified atom stereocenters. The molecule has 0 aliphatic carbocycles. The molecule has 0 fully saturated rings. The van der Waals surface area contributed by atoms with Crippen LogP contribution in [0.3, 0.4) is 0 Å². The largest absolute Gasteiger partial charge is 0.353 e. The Labute approximate surface area is 179 Å². The van der Waals surface area contributed by atoms with Crippen LogP contribution in [0.5, 0.6) is 0 Å². The average Bonchev–Trinajstić information content (AvgIpc) is 2.76. The van der Waals surface area contributed by atoms with E-state index in [-0.39, 0.29) is 5.78 Å². The third kappa shape index (κ3) is 7.06. The molecule has 0 aliphatic heterocycles. The van der Waals surface area contributed by atoms with Crippen LogP contribution in [-0.4, -0.2) is 36.5 Å². The molecular weight excluding hydrogens is 376 g/mol. The molecule has 0 spiro atoms. The quantitative estimate of drug-likeness (QED) is 0.315. The summed E-state index contributed by atoms with van der Waals surface area (Å²) in [6, 6.07) is 19.6. The molecule has 6 heteroatoms. The highest BCUT2D eigenvalue weighted by Crippen LogP contribution is 2.13. The zero-order chi connectivity index (χ0) is 22.0. The molecule has 0 aromatic heterocycles. The second kappa shape index (κ2) is 11.6. The van der Waals surface area contributed by atoms with E-state index in [2.05, 4.69) is 10.6 Å². The van der Waals surface area contributed by atoms with E-state index in [0.29, 0.717) is 13.1 Å². The number of amides is 1. The number of aryl methyl sites for hydroxylation is 1. The lowest BCUT2D eigenvalue weighted by Gasteiger charge is -2.31. The lowest BCUT2D eigenvalue weighted by molar-refractivity contribution is -0.135. The van der Waals surface area contributed by atoms with Gasteiger partial charge in [0.2, 0.25) is 0 Å². The summed E-state index contributed by atoms with van der Waals surface area (Å²) in [5, 5.41) is 5.97. The molecule has 0 saturated heterocycles. The van der Waals surface area contributed by atoms with Gasteiger partial charge in [-0.25, -0.2) is 0 Å². The van der Waals surface area contributed by atoms with Crippen molar-refractivity contribution in [2.45, 2.75) is 44.8 Å². The highest BCUT2D eigenvalue weighted by Gasteiger charge is 2.40. The Kier molecular flexibility index (Phi) is 9.17. The maximum Gasteiger partial charge on any atom is 0.255 e. The SMILES string of the molecule is CC(NCCc1ccccc1)C(=O)C(C)C(N)(N)C(=O)NCCCc1ccccc1. The van der Waals surface area contributed by atoms with Crippen LogP contribution in [0, 0.1) is 5.92 Å². The fraction of sp³-hybridized carbons (Fsp3) is 0.417. The number of nitrogens with two attached hydrogens (primary N) is 2. The van der Waals surface area contributed by atoms with Crippen molar-refractivity contribution >= 4 is 11.7 Å². The highest BCUT2D eigenvalue weighted by molar-refractivity contribution is 5.95. The van der Waals surface area contributed by atoms with Crippen LogP contribution in [0.1, 0.15) is 31.4 Å². The maximum atomic E-state index is 12.7. The minimum Gasteiger partial charge on any atom is -0.353 e. The smallest absolute Gasteiger partial charge is 0.255 e. The fourth-order valence-electron chi connectivity index (χ4n) is 3.28. The summed E-state index contributed by atoms with van der Waals surface area (Å²) in [5.74, 6) is -1.49. The van der Waals surface area contributed by atoms with Crippen molar-refractivity contribution in [3.8, 4) is 0 Å². The molecule has 6 nitrogen and oxygen atoms in total. The van der Waals surface area contributed by atoms with Crippen LogP contribution in [0.25, 0.3) is 0 Å². The summed E-state index contributed by atoms with van der Waals surface area (Å²) in [6.07, 6.45) is 2.43. The average molecular weight is 411 g/mol. The fourth-order valence-corrected chi connectivity index (χ4v) is 3.28. The summed E-state index contributed by atoms with van der Waals surface area (Å²) in [4.78, 5) is 25.3. The Balaban J connectivity index is 1.76. The van der Waals surface area contributed by atoms with Crippen LogP contribution >= 0.6 is 0 Å². The van der Waals surface area contributed by atoms with Gasteiger partial charge in [-0.3, -0.25) is 9.59 Å². The van der Waals surface area contributed by atoms with Crippen LogP contribution < -0.4 is 22.1 Å². The number of nitrogens with one attached hydrogen (secondary N) is 2.